The molecule has 3 amide bonds. The summed E-state index contributed by atoms with van der Waals surface area (Å²) in [7, 11) is 1.57. The van der Waals surface area contributed by atoms with Gasteiger partial charge in [0.1, 0.15) is 17.6 Å². The minimum Gasteiger partial charge on any atom is -0.497 e. The summed E-state index contributed by atoms with van der Waals surface area (Å²) in [6.45, 7) is 7.52. The Morgan fingerprint density at radius 2 is 1.71 bits per heavy atom. The van der Waals surface area contributed by atoms with Crippen LogP contribution in [0.3, 0.4) is 0 Å². The van der Waals surface area contributed by atoms with E-state index in [4.69, 9.17) is 4.74 Å². The molecule has 9 heteroatoms. The van der Waals surface area contributed by atoms with Gasteiger partial charge in [-0.2, -0.15) is 0 Å². The monoisotopic (exact) mass is 524 g/mol. The van der Waals surface area contributed by atoms with Gasteiger partial charge in [-0.1, -0.05) is 13.8 Å². The number of carbonyl (C=O) groups is 3. The summed E-state index contributed by atoms with van der Waals surface area (Å²) in [6.07, 6.45) is 1.19. The van der Waals surface area contributed by atoms with Crippen LogP contribution in [0, 0.1) is 11.7 Å². The second-order valence-corrected chi connectivity index (χ2v) is 10.4. The van der Waals surface area contributed by atoms with E-state index in [-0.39, 0.29) is 36.2 Å². The molecule has 2 saturated heterocycles. The SMILES string of the molecule is COc1ccc(C(=O)N(CC(C)C)C2CC(C(=O)N3CCCNCC3)N(C(=O)c3ccc(F)cc3)C2)cc1. The Bertz CT molecular complexity index is 1110. The van der Waals surface area contributed by atoms with Gasteiger partial charge in [-0.25, -0.2) is 4.39 Å². The molecule has 4 rings (SSSR count). The van der Waals surface area contributed by atoms with Crippen LogP contribution < -0.4 is 10.1 Å². The Morgan fingerprint density at radius 3 is 2.37 bits per heavy atom. The number of halogens is 1. The average Bonchev–Trinajstić information content (AvgIpc) is 3.18. The minimum atomic E-state index is -0.700. The van der Waals surface area contributed by atoms with Crippen molar-refractivity contribution in [3.05, 3.63) is 65.5 Å². The predicted molar refractivity (Wildman–Crippen MR) is 143 cm³/mol. The summed E-state index contributed by atoms with van der Waals surface area (Å²) >= 11 is 0. The highest BCUT2D eigenvalue weighted by molar-refractivity contribution is 5.99. The van der Waals surface area contributed by atoms with Gasteiger partial charge in [0.15, 0.2) is 0 Å². The largest absolute Gasteiger partial charge is 0.497 e. The average molecular weight is 525 g/mol. The Morgan fingerprint density at radius 1 is 1.03 bits per heavy atom. The molecule has 8 nitrogen and oxygen atoms in total. The number of hydrogen-bond acceptors (Lipinski definition) is 5. The minimum absolute atomic E-state index is 0.104. The topological polar surface area (TPSA) is 82.2 Å². The van der Waals surface area contributed by atoms with Gasteiger partial charge in [-0.3, -0.25) is 14.4 Å². The Labute approximate surface area is 223 Å². The highest BCUT2D eigenvalue weighted by atomic mass is 19.1. The Hall–Kier alpha value is -3.46. The van der Waals surface area contributed by atoms with Crippen molar-refractivity contribution in [3.8, 4) is 5.75 Å². The fourth-order valence-electron chi connectivity index (χ4n) is 5.22. The van der Waals surface area contributed by atoms with E-state index >= 15 is 0 Å². The lowest BCUT2D eigenvalue weighted by Gasteiger charge is -2.31. The van der Waals surface area contributed by atoms with E-state index in [1.165, 1.54) is 24.3 Å². The molecule has 2 atom stereocenters. The van der Waals surface area contributed by atoms with Crippen LogP contribution in [0.25, 0.3) is 0 Å². The molecule has 2 aliphatic rings. The number of nitrogens with one attached hydrogen (secondary N) is 1. The second kappa shape index (κ2) is 12.4. The molecule has 38 heavy (non-hydrogen) atoms. The van der Waals surface area contributed by atoms with Gasteiger partial charge in [0.2, 0.25) is 5.91 Å². The molecule has 0 radical (unpaired) electrons. The van der Waals surface area contributed by atoms with Crippen molar-refractivity contribution >= 4 is 17.7 Å². The van der Waals surface area contributed by atoms with E-state index in [9.17, 15) is 18.8 Å². The second-order valence-electron chi connectivity index (χ2n) is 10.4. The van der Waals surface area contributed by atoms with Crippen LogP contribution in [0.15, 0.2) is 48.5 Å². The summed E-state index contributed by atoms with van der Waals surface area (Å²) < 4.78 is 18.8. The molecule has 2 unspecified atom stereocenters. The van der Waals surface area contributed by atoms with Crippen molar-refractivity contribution in [2.45, 2.75) is 38.8 Å². The van der Waals surface area contributed by atoms with E-state index < -0.39 is 11.9 Å². The van der Waals surface area contributed by atoms with E-state index in [0.29, 0.717) is 49.5 Å². The van der Waals surface area contributed by atoms with Crippen molar-refractivity contribution in [1.29, 1.82) is 0 Å². The van der Waals surface area contributed by atoms with Crippen molar-refractivity contribution in [3.63, 3.8) is 0 Å². The van der Waals surface area contributed by atoms with Crippen LogP contribution in [-0.4, -0.2) is 90.9 Å². The maximum absolute atomic E-state index is 13.8. The summed E-state index contributed by atoms with van der Waals surface area (Å²) in [5.74, 6) is -0.170. The molecule has 2 aliphatic heterocycles. The predicted octanol–water partition coefficient (Wildman–Crippen LogP) is 3.04. The van der Waals surface area contributed by atoms with Crippen molar-refractivity contribution in [1.82, 2.24) is 20.0 Å². The van der Waals surface area contributed by atoms with Gasteiger partial charge >= 0.3 is 0 Å². The van der Waals surface area contributed by atoms with Crippen LogP contribution in [0.5, 0.6) is 5.75 Å². The molecule has 0 aromatic heterocycles. The number of hydrogen-bond donors (Lipinski definition) is 1. The number of amides is 3. The number of benzene rings is 2. The van der Waals surface area contributed by atoms with E-state index in [1.807, 2.05) is 18.7 Å². The lowest BCUT2D eigenvalue weighted by molar-refractivity contribution is -0.135. The molecule has 204 valence electrons. The van der Waals surface area contributed by atoms with Gasteiger partial charge in [0.05, 0.1) is 13.2 Å². The lowest BCUT2D eigenvalue weighted by Crippen LogP contribution is -2.48. The third kappa shape index (κ3) is 6.32. The first-order chi connectivity index (χ1) is 18.3. The molecular weight excluding hydrogens is 487 g/mol. The smallest absolute Gasteiger partial charge is 0.254 e. The molecule has 2 aromatic rings. The number of methoxy groups -OCH3 is 1. The molecule has 2 aromatic carbocycles. The van der Waals surface area contributed by atoms with Crippen LogP contribution in [0.4, 0.5) is 4.39 Å². The number of rotatable bonds is 7. The maximum atomic E-state index is 13.8. The van der Waals surface area contributed by atoms with Crippen molar-refractivity contribution in [2.75, 3.05) is 46.4 Å². The normalized spacial score (nSPS) is 19.8. The summed E-state index contributed by atoms with van der Waals surface area (Å²) in [6, 6.07) is 11.3. The highest BCUT2D eigenvalue weighted by Gasteiger charge is 2.44. The third-order valence-electron chi connectivity index (χ3n) is 7.17. The number of carbonyl (C=O) groups excluding carboxylic acids is 3. The maximum Gasteiger partial charge on any atom is 0.254 e. The fourth-order valence-corrected chi connectivity index (χ4v) is 5.22. The zero-order valence-corrected chi connectivity index (χ0v) is 22.4. The first-order valence-electron chi connectivity index (χ1n) is 13.3. The summed E-state index contributed by atoms with van der Waals surface area (Å²) in [5.41, 5.74) is 0.843. The molecule has 0 aliphatic carbocycles. The van der Waals surface area contributed by atoms with Crippen LogP contribution in [0.2, 0.25) is 0 Å². The van der Waals surface area contributed by atoms with Crippen LogP contribution in [0.1, 0.15) is 47.4 Å². The zero-order valence-electron chi connectivity index (χ0n) is 22.4. The van der Waals surface area contributed by atoms with E-state index in [2.05, 4.69) is 5.32 Å². The van der Waals surface area contributed by atoms with Gasteiger partial charge in [-0.05, 0) is 73.8 Å². The van der Waals surface area contributed by atoms with Gasteiger partial charge in [0, 0.05) is 43.9 Å². The Kier molecular flexibility index (Phi) is 8.99. The Balaban J connectivity index is 1.64. The number of likely N-dealkylation sites (tertiary alicyclic amines) is 1. The quantitative estimate of drug-likeness (QED) is 0.602. The standard InChI is InChI=1S/C29H37FN4O4/c1-20(2)18-33(27(35)22-7-11-25(38-3)12-8-22)24-17-26(29(37)32-15-4-13-31-14-16-32)34(19-24)28(36)21-5-9-23(30)10-6-21/h5-12,20,24,26,31H,4,13-19H2,1-3H3. The molecule has 0 bridgehead atoms. The van der Waals surface area contributed by atoms with Crippen molar-refractivity contribution < 1.29 is 23.5 Å². The molecule has 0 spiro atoms. The van der Waals surface area contributed by atoms with Gasteiger partial charge in [0.25, 0.3) is 11.8 Å². The fraction of sp³-hybridized carbons (Fsp3) is 0.483. The van der Waals surface area contributed by atoms with E-state index in [1.54, 1.807) is 41.2 Å². The lowest BCUT2D eigenvalue weighted by atomic mass is 10.1. The first-order valence-corrected chi connectivity index (χ1v) is 13.3. The van der Waals surface area contributed by atoms with Crippen LogP contribution in [-0.2, 0) is 4.79 Å². The highest BCUT2D eigenvalue weighted by Crippen LogP contribution is 2.28. The summed E-state index contributed by atoms with van der Waals surface area (Å²) in [4.78, 5) is 46.3. The third-order valence-corrected chi connectivity index (χ3v) is 7.17. The molecule has 2 fully saturated rings. The van der Waals surface area contributed by atoms with Gasteiger partial charge < -0.3 is 24.8 Å². The first kappa shape index (κ1) is 27.6. The molecule has 2 heterocycles. The number of nitrogens with zero attached hydrogens (tertiary/aromatic N) is 3. The molecule has 1 N–H and O–H groups in total. The van der Waals surface area contributed by atoms with Gasteiger partial charge in [-0.15, -0.1) is 0 Å². The summed E-state index contributed by atoms with van der Waals surface area (Å²) in [5, 5.41) is 3.31. The molecule has 0 saturated carbocycles. The van der Waals surface area contributed by atoms with Crippen LogP contribution >= 0.6 is 0 Å². The van der Waals surface area contributed by atoms with E-state index in [0.717, 1.165) is 13.0 Å². The number of ether oxygens (including phenoxy) is 1. The molecular formula is C29H37FN4O4. The van der Waals surface area contributed by atoms with Crippen molar-refractivity contribution in [2.24, 2.45) is 5.92 Å². The zero-order chi connectivity index (χ0) is 27.2.